The van der Waals surface area contributed by atoms with E-state index in [0.29, 0.717) is 34.0 Å². The summed E-state index contributed by atoms with van der Waals surface area (Å²) in [5.41, 5.74) is 0.885. The summed E-state index contributed by atoms with van der Waals surface area (Å²) in [6.07, 6.45) is 0. The molecule has 0 aliphatic rings. The third kappa shape index (κ3) is 6.10. The number of benzene rings is 2. The molecule has 0 aromatic heterocycles. The van der Waals surface area contributed by atoms with Gasteiger partial charge in [-0.1, -0.05) is 19.9 Å². The summed E-state index contributed by atoms with van der Waals surface area (Å²) < 4.78 is 19.5. The second-order valence-corrected chi connectivity index (χ2v) is 7.03. The predicted molar refractivity (Wildman–Crippen MR) is 105 cm³/mol. The molecule has 0 spiro atoms. The summed E-state index contributed by atoms with van der Waals surface area (Å²) >= 11 is 8.48. The van der Waals surface area contributed by atoms with Crippen LogP contribution in [0.1, 0.15) is 24.2 Å². The maximum absolute atomic E-state index is 13.2. The molecule has 0 heterocycles. The largest absolute Gasteiger partial charge is 0.492 e. The lowest BCUT2D eigenvalue weighted by Gasteiger charge is -2.12. The molecule has 0 bridgehead atoms. The van der Waals surface area contributed by atoms with Crippen molar-refractivity contribution in [3.05, 3.63) is 58.3 Å². The van der Waals surface area contributed by atoms with E-state index in [9.17, 15) is 9.18 Å². The summed E-state index contributed by atoms with van der Waals surface area (Å²) in [6.45, 7) is 4.70. The fraction of sp³-hybridized carbons (Fsp3) is 0.222. The number of carbonyl (C=O) groups is 1. The highest BCUT2D eigenvalue weighted by Gasteiger charge is 2.11. The van der Waals surface area contributed by atoms with Crippen molar-refractivity contribution in [1.29, 1.82) is 0 Å². The highest BCUT2D eigenvalue weighted by molar-refractivity contribution is 9.10. The molecule has 0 radical (unpaired) electrons. The lowest BCUT2D eigenvalue weighted by Crippen LogP contribution is -2.34. The lowest BCUT2D eigenvalue weighted by atomic mass is 10.2. The Kier molecular flexibility index (Phi) is 6.90. The molecule has 25 heavy (non-hydrogen) atoms. The van der Waals surface area contributed by atoms with E-state index in [4.69, 9.17) is 17.0 Å². The summed E-state index contributed by atoms with van der Waals surface area (Å²) in [7, 11) is 0. The van der Waals surface area contributed by atoms with Crippen molar-refractivity contribution < 1.29 is 13.9 Å². The minimum atomic E-state index is -0.389. The van der Waals surface area contributed by atoms with Crippen LogP contribution < -0.4 is 15.4 Å². The number of hydrogen-bond acceptors (Lipinski definition) is 3. The first-order valence-electron chi connectivity index (χ1n) is 7.65. The molecule has 2 N–H and O–H groups in total. The Bertz CT molecular complexity index is 783. The van der Waals surface area contributed by atoms with Crippen molar-refractivity contribution in [1.82, 2.24) is 5.32 Å². The lowest BCUT2D eigenvalue weighted by molar-refractivity contribution is 0.0977. The van der Waals surface area contributed by atoms with Crippen LogP contribution in [0.25, 0.3) is 0 Å². The summed E-state index contributed by atoms with van der Waals surface area (Å²) in [5, 5.41) is 5.41. The maximum atomic E-state index is 13.2. The number of anilines is 1. The van der Waals surface area contributed by atoms with E-state index in [-0.39, 0.29) is 16.8 Å². The number of halogens is 2. The van der Waals surface area contributed by atoms with Crippen molar-refractivity contribution >= 4 is 44.9 Å². The van der Waals surface area contributed by atoms with Crippen LogP contribution >= 0.6 is 28.1 Å². The van der Waals surface area contributed by atoms with Crippen molar-refractivity contribution in [2.24, 2.45) is 5.92 Å². The van der Waals surface area contributed by atoms with Gasteiger partial charge in [0.1, 0.15) is 11.6 Å². The molecule has 0 atom stereocenters. The van der Waals surface area contributed by atoms with Gasteiger partial charge in [0.25, 0.3) is 5.91 Å². The fourth-order valence-electron chi connectivity index (χ4n) is 1.92. The van der Waals surface area contributed by atoms with Crippen molar-refractivity contribution in [2.75, 3.05) is 11.9 Å². The zero-order valence-corrected chi connectivity index (χ0v) is 16.2. The molecule has 7 heteroatoms. The van der Waals surface area contributed by atoms with Gasteiger partial charge in [0.05, 0.1) is 11.1 Å². The van der Waals surface area contributed by atoms with Gasteiger partial charge in [0.15, 0.2) is 5.11 Å². The van der Waals surface area contributed by atoms with E-state index in [1.165, 1.54) is 12.1 Å². The highest BCUT2D eigenvalue weighted by Crippen LogP contribution is 2.26. The third-order valence-corrected chi connectivity index (χ3v) is 3.90. The number of nitrogens with one attached hydrogen (secondary N) is 2. The van der Waals surface area contributed by atoms with Crippen molar-refractivity contribution in [3.63, 3.8) is 0 Å². The minimum Gasteiger partial charge on any atom is -0.492 e. The predicted octanol–water partition coefficient (Wildman–Crippen LogP) is 4.75. The Morgan fingerprint density at radius 3 is 2.68 bits per heavy atom. The van der Waals surface area contributed by atoms with Crippen LogP contribution in [0.5, 0.6) is 5.75 Å². The molecular formula is C18H18BrFN2O2S. The molecule has 2 aromatic carbocycles. The number of ether oxygens (including phenoxy) is 1. The minimum absolute atomic E-state index is 0.0897. The van der Waals surface area contributed by atoms with E-state index < -0.39 is 0 Å². The Balaban J connectivity index is 1.98. The number of amides is 1. The number of thiocarbonyl (C=S) groups is 1. The molecule has 0 fully saturated rings. The number of hydrogen-bond donors (Lipinski definition) is 2. The zero-order chi connectivity index (χ0) is 18.4. The first kappa shape index (κ1) is 19.3. The molecule has 4 nitrogen and oxygen atoms in total. The van der Waals surface area contributed by atoms with E-state index >= 15 is 0 Å². The van der Waals surface area contributed by atoms with Crippen molar-refractivity contribution in [2.45, 2.75) is 13.8 Å². The van der Waals surface area contributed by atoms with Crippen LogP contribution in [0, 0.1) is 11.7 Å². The quantitative estimate of drug-likeness (QED) is 0.679. The van der Waals surface area contributed by atoms with Crippen LogP contribution in [0.15, 0.2) is 46.9 Å². The third-order valence-electron chi connectivity index (χ3n) is 3.08. The van der Waals surface area contributed by atoms with Crippen LogP contribution in [-0.2, 0) is 0 Å². The molecule has 2 aromatic rings. The van der Waals surface area contributed by atoms with Gasteiger partial charge in [-0.25, -0.2) is 4.39 Å². The second-order valence-electron chi connectivity index (χ2n) is 5.77. The van der Waals surface area contributed by atoms with Crippen LogP contribution in [-0.4, -0.2) is 17.6 Å². The normalized spacial score (nSPS) is 10.4. The van der Waals surface area contributed by atoms with Gasteiger partial charge in [0, 0.05) is 11.3 Å². The molecule has 2 rings (SSSR count). The van der Waals surface area contributed by atoms with Gasteiger partial charge in [-0.2, -0.15) is 0 Å². The smallest absolute Gasteiger partial charge is 0.257 e. The Morgan fingerprint density at radius 2 is 2.04 bits per heavy atom. The van der Waals surface area contributed by atoms with Crippen LogP contribution in [0.2, 0.25) is 0 Å². The van der Waals surface area contributed by atoms with Gasteiger partial charge in [0.2, 0.25) is 0 Å². The van der Waals surface area contributed by atoms with E-state index in [1.807, 2.05) is 0 Å². The van der Waals surface area contributed by atoms with Crippen molar-refractivity contribution in [3.8, 4) is 5.75 Å². The van der Waals surface area contributed by atoms with E-state index in [2.05, 4.69) is 40.4 Å². The first-order valence-corrected chi connectivity index (χ1v) is 8.85. The Hall–Kier alpha value is -1.99. The average molecular weight is 425 g/mol. The fourth-order valence-corrected chi connectivity index (χ4v) is 2.62. The Morgan fingerprint density at radius 1 is 1.28 bits per heavy atom. The number of rotatable bonds is 5. The van der Waals surface area contributed by atoms with E-state index in [1.54, 1.807) is 30.3 Å². The topological polar surface area (TPSA) is 50.4 Å². The van der Waals surface area contributed by atoms with Gasteiger partial charge in [-0.05, 0) is 70.5 Å². The van der Waals surface area contributed by atoms with Crippen LogP contribution in [0.4, 0.5) is 10.1 Å². The summed E-state index contributed by atoms with van der Waals surface area (Å²) in [4.78, 5) is 12.3. The molecule has 1 amide bonds. The molecule has 132 valence electrons. The average Bonchev–Trinajstić information content (AvgIpc) is 2.53. The van der Waals surface area contributed by atoms with Gasteiger partial charge >= 0.3 is 0 Å². The van der Waals surface area contributed by atoms with Gasteiger partial charge < -0.3 is 10.1 Å². The number of carbonyl (C=O) groups excluding carboxylic acids is 1. The molecule has 0 saturated carbocycles. The summed E-state index contributed by atoms with van der Waals surface area (Å²) in [5.74, 6) is 0.317. The standard InChI is InChI=1S/C18H18BrFN2O2S/c1-11(2)10-24-16-7-6-12(8-15(16)19)17(23)22-18(25)21-14-5-3-4-13(20)9-14/h3-9,11H,10H2,1-2H3,(H2,21,22,23,25). The molecular weight excluding hydrogens is 407 g/mol. The zero-order valence-electron chi connectivity index (χ0n) is 13.8. The SMILES string of the molecule is CC(C)COc1ccc(C(=O)NC(=S)Nc2cccc(F)c2)cc1Br. The Labute approximate surface area is 159 Å². The maximum Gasteiger partial charge on any atom is 0.257 e. The van der Waals surface area contributed by atoms with Crippen LogP contribution in [0.3, 0.4) is 0 Å². The molecule has 0 saturated heterocycles. The molecule has 0 aliphatic heterocycles. The highest BCUT2D eigenvalue weighted by atomic mass is 79.9. The molecule has 0 aliphatic carbocycles. The summed E-state index contributed by atoms with van der Waals surface area (Å²) in [6, 6.07) is 10.9. The first-order chi connectivity index (χ1) is 11.8. The van der Waals surface area contributed by atoms with E-state index in [0.717, 1.165) is 0 Å². The van der Waals surface area contributed by atoms with Gasteiger partial charge in [-0.3, -0.25) is 10.1 Å². The monoisotopic (exact) mass is 424 g/mol. The van der Waals surface area contributed by atoms with Gasteiger partial charge in [-0.15, -0.1) is 0 Å². The second kappa shape index (κ2) is 8.92. The molecule has 0 unspecified atom stereocenters.